The number of amides is 5. The molecule has 1 saturated carbocycles. The normalized spacial score (nSPS) is 20.1. The molecular weight excluding hydrogens is 688 g/mol. The number of carbonyl (C=O) groups excluding carboxylic acids is 6. The molecule has 2 aliphatic rings. The van der Waals surface area contributed by atoms with Gasteiger partial charge in [0.2, 0.25) is 23.5 Å². The summed E-state index contributed by atoms with van der Waals surface area (Å²) in [7, 11) is 0. The third kappa shape index (κ3) is 10.5. The van der Waals surface area contributed by atoms with E-state index in [0.29, 0.717) is 12.5 Å². The van der Waals surface area contributed by atoms with Gasteiger partial charge in [0.1, 0.15) is 23.8 Å². The van der Waals surface area contributed by atoms with Crippen molar-refractivity contribution in [2.75, 3.05) is 6.54 Å². The van der Waals surface area contributed by atoms with Crippen LogP contribution in [0.1, 0.15) is 88.8 Å². The van der Waals surface area contributed by atoms with E-state index in [2.05, 4.69) is 31.2 Å². The van der Waals surface area contributed by atoms with Crippen LogP contribution < -0.4 is 21.3 Å². The second-order valence-corrected chi connectivity index (χ2v) is 14.4. The summed E-state index contributed by atoms with van der Waals surface area (Å²) in [6.07, 6.45) is 4.37. The Morgan fingerprint density at radius 3 is 2.21 bits per heavy atom. The summed E-state index contributed by atoms with van der Waals surface area (Å²) in [6, 6.07) is 3.80. The highest BCUT2D eigenvalue weighted by atomic mass is 19.3. The maximum atomic E-state index is 14.3. The third-order valence-electron chi connectivity index (χ3n) is 9.96. The van der Waals surface area contributed by atoms with Crippen molar-refractivity contribution in [2.24, 2.45) is 23.7 Å². The van der Waals surface area contributed by atoms with Crippen molar-refractivity contribution < 1.29 is 37.5 Å². The Kier molecular flexibility index (Phi) is 14.3. The number of allylic oxidation sites excluding steroid dienone is 1. The third-order valence-corrected chi connectivity index (χ3v) is 9.96. The number of nitrogens with one attached hydrogen (secondary N) is 4. The molecule has 13 nitrogen and oxygen atoms in total. The molecule has 7 atom stereocenters. The summed E-state index contributed by atoms with van der Waals surface area (Å²) < 4.78 is 25.9. The largest absolute Gasteiger partial charge is 0.344 e. The van der Waals surface area contributed by atoms with Crippen LogP contribution in [0, 0.1) is 23.7 Å². The molecule has 1 aliphatic carbocycles. The van der Waals surface area contributed by atoms with Crippen molar-refractivity contribution >= 4 is 35.3 Å². The minimum atomic E-state index is -1.96. The molecule has 5 amide bonds. The van der Waals surface area contributed by atoms with Crippen molar-refractivity contribution in [3.63, 3.8) is 0 Å². The van der Waals surface area contributed by atoms with E-state index in [1.165, 1.54) is 23.5 Å². The van der Waals surface area contributed by atoms with Crippen LogP contribution in [0.4, 0.5) is 8.78 Å². The number of hydrogen-bond acceptors (Lipinski definition) is 8. The van der Waals surface area contributed by atoms with Gasteiger partial charge in [0.05, 0.1) is 18.3 Å². The second kappa shape index (κ2) is 18.6. The van der Waals surface area contributed by atoms with Gasteiger partial charge >= 0.3 is 0 Å². The first-order valence-corrected chi connectivity index (χ1v) is 18.1. The molecule has 2 fully saturated rings. The van der Waals surface area contributed by atoms with Gasteiger partial charge in [-0.05, 0) is 67.9 Å². The van der Waals surface area contributed by atoms with E-state index in [1.807, 2.05) is 0 Å². The standard InChI is InChI=1S/C38H49F2N7O6/c1-21(2)30(45-34(49)28-19-41-17-18-42-28)35(50)46-31(22(3)4)38(53)47-20-25-13-9-14-26(25)32(47)36(51)44-27(15-10-16-29(39)40)33(48)37(52)43-23(5)24-11-7-6-8-12-24/h6-8,11-12,16-19,21-23,25-27,30-32H,9-10,13-15,20H2,1-5H3,(H,43,52)(H,44,51)(H,45,49)(H,46,50)/t23-,25-,26-,27?,30?,31?,32-/m0/s1. The van der Waals surface area contributed by atoms with Crippen LogP contribution in [-0.4, -0.2) is 80.9 Å². The lowest BCUT2D eigenvalue weighted by atomic mass is 9.92. The van der Waals surface area contributed by atoms with Crippen molar-refractivity contribution in [2.45, 2.75) is 96.9 Å². The lowest BCUT2D eigenvalue weighted by Gasteiger charge is -2.34. The van der Waals surface area contributed by atoms with Gasteiger partial charge in [0.15, 0.2) is 0 Å². The van der Waals surface area contributed by atoms with Crippen LogP contribution in [0.3, 0.4) is 0 Å². The summed E-state index contributed by atoms with van der Waals surface area (Å²) in [4.78, 5) is 90.9. The highest BCUT2D eigenvalue weighted by Gasteiger charge is 2.51. The van der Waals surface area contributed by atoms with E-state index >= 15 is 0 Å². The minimum Gasteiger partial charge on any atom is -0.344 e. The monoisotopic (exact) mass is 737 g/mol. The predicted octanol–water partition coefficient (Wildman–Crippen LogP) is 3.49. The summed E-state index contributed by atoms with van der Waals surface area (Å²) in [6.45, 7) is 8.91. The predicted molar refractivity (Wildman–Crippen MR) is 191 cm³/mol. The molecule has 0 bridgehead atoms. The Bertz CT molecular complexity index is 1650. The summed E-state index contributed by atoms with van der Waals surface area (Å²) >= 11 is 0. The Morgan fingerprint density at radius 2 is 1.58 bits per heavy atom. The average molecular weight is 738 g/mol. The maximum absolute atomic E-state index is 14.3. The second-order valence-electron chi connectivity index (χ2n) is 14.4. The molecule has 15 heteroatoms. The van der Waals surface area contributed by atoms with Gasteiger partial charge in [0.25, 0.3) is 17.9 Å². The molecule has 0 spiro atoms. The van der Waals surface area contributed by atoms with Crippen molar-refractivity contribution in [3.05, 3.63) is 72.3 Å². The number of rotatable bonds is 16. The fraction of sp³-hybridized carbons (Fsp3) is 0.526. The molecule has 3 unspecified atom stereocenters. The Labute approximate surface area is 308 Å². The average Bonchev–Trinajstić information content (AvgIpc) is 3.74. The molecule has 53 heavy (non-hydrogen) atoms. The van der Waals surface area contributed by atoms with E-state index in [1.54, 1.807) is 65.0 Å². The number of likely N-dealkylation sites (tertiary alicyclic amines) is 1. The van der Waals surface area contributed by atoms with Crippen LogP contribution in [0.2, 0.25) is 0 Å². The van der Waals surface area contributed by atoms with Gasteiger partial charge in [-0.2, -0.15) is 8.78 Å². The molecule has 1 aromatic carbocycles. The fourth-order valence-corrected chi connectivity index (χ4v) is 7.11. The molecule has 1 saturated heterocycles. The number of aromatic nitrogens is 2. The minimum absolute atomic E-state index is 0.0133. The summed E-state index contributed by atoms with van der Waals surface area (Å²) in [5.41, 5.74) is 0.758. The van der Waals surface area contributed by atoms with Gasteiger partial charge in [-0.25, -0.2) is 4.98 Å². The zero-order chi connectivity index (χ0) is 38.8. The molecule has 1 aromatic heterocycles. The van der Waals surface area contributed by atoms with E-state index in [4.69, 9.17) is 0 Å². The Hall–Kier alpha value is -5.08. The Morgan fingerprint density at radius 1 is 0.887 bits per heavy atom. The van der Waals surface area contributed by atoms with Gasteiger partial charge in [-0.3, -0.25) is 33.8 Å². The number of carbonyl (C=O) groups is 6. The zero-order valence-corrected chi connectivity index (χ0v) is 30.7. The highest BCUT2D eigenvalue weighted by Crippen LogP contribution is 2.42. The van der Waals surface area contributed by atoms with E-state index in [-0.39, 0.29) is 42.8 Å². The molecule has 2 aromatic rings. The van der Waals surface area contributed by atoms with E-state index in [9.17, 15) is 37.5 Å². The van der Waals surface area contributed by atoms with Crippen LogP contribution in [-0.2, 0) is 24.0 Å². The summed E-state index contributed by atoms with van der Waals surface area (Å²) in [5.74, 6) is -5.43. The van der Waals surface area contributed by atoms with Crippen LogP contribution >= 0.6 is 0 Å². The molecular formula is C38H49F2N7O6. The fourth-order valence-electron chi connectivity index (χ4n) is 7.11. The molecule has 286 valence electrons. The topological polar surface area (TPSA) is 180 Å². The number of nitrogens with zero attached hydrogens (tertiary/aromatic N) is 3. The zero-order valence-electron chi connectivity index (χ0n) is 30.7. The number of ketones is 1. The van der Waals surface area contributed by atoms with Gasteiger partial charge < -0.3 is 26.2 Å². The first-order valence-electron chi connectivity index (χ1n) is 18.1. The number of hydrogen-bond donors (Lipinski definition) is 4. The van der Waals surface area contributed by atoms with Crippen LogP contribution in [0.25, 0.3) is 0 Å². The summed E-state index contributed by atoms with van der Waals surface area (Å²) in [5, 5.41) is 10.7. The van der Waals surface area contributed by atoms with Gasteiger partial charge in [-0.1, -0.05) is 64.4 Å². The molecule has 4 N–H and O–H groups in total. The number of halogens is 2. The van der Waals surface area contributed by atoms with E-state index < -0.39 is 77.5 Å². The lowest BCUT2D eigenvalue weighted by molar-refractivity contribution is -0.145. The van der Waals surface area contributed by atoms with Crippen LogP contribution in [0.15, 0.2) is 61.1 Å². The van der Waals surface area contributed by atoms with E-state index in [0.717, 1.165) is 18.4 Å². The lowest BCUT2D eigenvalue weighted by Crippen LogP contribution is -2.60. The van der Waals surface area contributed by atoms with Gasteiger partial charge in [-0.15, -0.1) is 0 Å². The first kappa shape index (κ1) is 40.7. The molecule has 0 radical (unpaired) electrons. The molecule has 1 aliphatic heterocycles. The molecule has 2 heterocycles. The quantitative estimate of drug-likeness (QED) is 0.189. The van der Waals surface area contributed by atoms with Crippen molar-refractivity contribution in [1.29, 1.82) is 0 Å². The SMILES string of the molecule is CC(C)C(NC(=O)c1cnccn1)C(=O)NC(C(=O)N1C[C@@H]2CCC[C@@H]2[C@H]1C(=O)NC(CCC=C(F)F)C(=O)C(=O)N[C@@H](C)c1ccccc1)C(C)C. The number of fused-ring (bicyclic) bond motifs is 1. The number of Topliss-reactive ketones (excluding diaryl/α,β-unsaturated/α-hetero) is 1. The maximum Gasteiger partial charge on any atom is 0.290 e. The van der Waals surface area contributed by atoms with Crippen LogP contribution in [0.5, 0.6) is 0 Å². The van der Waals surface area contributed by atoms with Crippen molar-refractivity contribution in [1.82, 2.24) is 36.1 Å². The molecule has 4 rings (SSSR count). The van der Waals surface area contributed by atoms with Gasteiger partial charge in [0, 0.05) is 18.9 Å². The first-order chi connectivity index (χ1) is 25.2. The number of benzene rings is 1. The smallest absolute Gasteiger partial charge is 0.290 e. The highest BCUT2D eigenvalue weighted by molar-refractivity contribution is 6.38. The Balaban J connectivity index is 1.53. The van der Waals surface area contributed by atoms with Crippen molar-refractivity contribution in [3.8, 4) is 0 Å².